The van der Waals surface area contributed by atoms with Gasteiger partial charge in [-0.25, -0.2) is 0 Å². The maximum absolute atomic E-state index is 12.3. The molecule has 1 fully saturated rings. The molecule has 1 N–H and O–H groups in total. The van der Waals surface area contributed by atoms with Crippen LogP contribution in [-0.4, -0.2) is 53.4 Å². The van der Waals surface area contributed by atoms with Gasteiger partial charge in [0.15, 0.2) is 5.76 Å². The van der Waals surface area contributed by atoms with Crippen molar-refractivity contribution in [3.05, 3.63) is 48.2 Å². The number of rotatable bonds is 3. The molecule has 3 heterocycles. The van der Waals surface area contributed by atoms with E-state index in [1.54, 1.807) is 29.3 Å². The molecule has 0 unspecified atom stereocenters. The average molecular weight is 356 g/mol. The summed E-state index contributed by atoms with van der Waals surface area (Å²) in [4.78, 5) is 32.8. The van der Waals surface area contributed by atoms with Gasteiger partial charge >= 0.3 is 0 Å². The molecule has 0 bridgehead atoms. The summed E-state index contributed by atoms with van der Waals surface area (Å²) in [7, 11) is 0. The third kappa shape index (κ3) is 4.22. The van der Waals surface area contributed by atoms with Crippen LogP contribution in [-0.2, 0) is 0 Å². The van der Waals surface area contributed by atoms with Crippen LogP contribution < -0.4 is 10.2 Å². The lowest BCUT2D eigenvalue weighted by Gasteiger charge is -2.35. The van der Waals surface area contributed by atoms with Gasteiger partial charge in [0.1, 0.15) is 5.69 Å². The van der Waals surface area contributed by atoms with Gasteiger partial charge in [-0.3, -0.25) is 14.6 Å². The molecule has 7 nitrogen and oxygen atoms in total. The largest absolute Gasteiger partial charge is 0.459 e. The summed E-state index contributed by atoms with van der Waals surface area (Å²) in [6, 6.07) is 7.07. The molecular formula is C19H24N4O3. The molecule has 0 saturated carbocycles. The van der Waals surface area contributed by atoms with Crippen molar-refractivity contribution in [3.63, 3.8) is 0 Å². The fourth-order valence-electron chi connectivity index (χ4n) is 2.87. The predicted octanol–water partition coefficient (Wildman–Crippen LogP) is 2.17. The van der Waals surface area contributed by atoms with Crippen LogP contribution in [0, 0.1) is 0 Å². The van der Waals surface area contributed by atoms with E-state index in [1.807, 2.05) is 26.8 Å². The number of carbonyl (C=O) groups is 2. The first kappa shape index (κ1) is 18.0. The van der Waals surface area contributed by atoms with E-state index < -0.39 is 0 Å². The quantitative estimate of drug-likeness (QED) is 0.912. The number of nitrogens with one attached hydrogen (secondary N) is 1. The highest BCUT2D eigenvalue weighted by molar-refractivity contribution is 5.93. The molecule has 7 heteroatoms. The molecule has 0 aliphatic carbocycles. The van der Waals surface area contributed by atoms with Gasteiger partial charge < -0.3 is 19.5 Å². The first-order valence-electron chi connectivity index (χ1n) is 8.70. The Morgan fingerprint density at radius 1 is 1.15 bits per heavy atom. The van der Waals surface area contributed by atoms with Crippen LogP contribution in [0.2, 0.25) is 0 Å². The van der Waals surface area contributed by atoms with Crippen molar-refractivity contribution in [1.82, 2.24) is 15.2 Å². The summed E-state index contributed by atoms with van der Waals surface area (Å²) >= 11 is 0. The lowest BCUT2D eigenvalue weighted by Crippen LogP contribution is -2.48. The second-order valence-electron chi connectivity index (χ2n) is 7.36. The van der Waals surface area contributed by atoms with Crippen molar-refractivity contribution in [2.45, 2.75) is 26.3 Å². The molecule has 2 amide bonds. The Morgan fingerprint density at radius 2 is 1.88 bits per heavy atom. The monoisotopic (exact) mass is 356 g/mol. The van der Waals surface area contributed by atoms with Gasteiger partial charge in [0.2, 0.25) is 0 Å². The molecule has 138 valence electrons. The molecule has 2 aromatic heterocycles. The van der Waals surface area contributed by atoms with E-state index in [-0.39, 0.29) is 17.4 Å². The summed E-state index contributed by atoms with van der Waals surface area (Å²) < 4.78 is 5.18. The van der Waals surface area contributed by atoms with Crippen LogP contribution in [0.1, 0.15) is 41.8 Å². The Bertz CT molecular complexity index is 772. The lowest BCUT2D eigenvalue weighted by molar-refractivity contribution is 0.0714. The van der Waals surface area contributed by atoms with E-state index in [9.17, 15) is 9.59 Å². The van der Waals surface area contributed by atoms with Gasteiger partial charge in [0, 0.05) is 43.6 Å². The van der Waals surface area contributed by atoms with Gasteiger partial charge in [-0.05, 0) is 45.0 Å². The van der Waals surface area contributed by atoms with Crippen molar-refractivity contribution in [3.8, 4) is 0 Å². The third-order valence-electron chi connectivity index (χ3n) is 4.13. The van der Waals surface area contributed by atoms with Crippen molar-refractivity contribution in [2.75, 3.05) is 31.1 Å². The minimum Gasteiger partial charge on any atom is -0.459 e. The van der Waals surface area contributed by atoms with Crippen molar-refractivity contribution in [1.29, 1.82) is 0 Å². The maximum atomic E-state index is 12.3. The number of anilines is 1. The van der Waals surface area contributed by atoms with Gasteiger partial charge in [0.05, 0.1) is 6.26 Å². The number of aromatic nitrogens is 1. The molecule has 1 saturated heterocycles. The van der Waals surface area contributed by atoms with Crippen LogP contribution in [0.3, 0.4) is 0 Å². The van der Waals surface area contributed by atoms with E-state index in [0.717, 1.165) is 5.69 Å². The standard InChI is InChI=1S/C19H24N4O3/c1-19(2,3)21-17(24)15-13-14(6-7-20-15)22-8-10-23(11-9-22)18(25)16-5-4-12-26-16/h4-7,12-13H,8-11H2,1-3H3,(H,21,24). The Balaban J connectivity index is 1.63. The number of nitrogens with zero attached hydrogens (tertiary/aromatic N) is 3. The SMILES string of the molecule is CC(C)(C)NC(=O)c1cc(N2CCN(C(=O)c3ccco3)CC2)ccn1. The van der Waals surface area contributed by atoms with Crippen LogP contribution in [0.5, 0.6) is 0 Å². The van der Waals surface area contributed by atoms with E-state index >= 15 is 0 Å². The Kier molecular flexibility index (Phi) is 4.97. The molecule has 2 aromatic rings. The first-order chi connectivity index (χ1) is 12.3. The second-order valence-corrected chi connectivity index (χ2v) is 7.36. The normalized spacial score (nSPS) is 15.0. The van der Waals surface area contributed by atoms with E-state index in [4.69, 9.17) is 4.42 Å². The molecule has 0 atom stereocenters. The fraction of sp³-hybridized carbons (Fsp3) is 0.421. The molecule has 0 spiro atoms. The Labute approximate surface area is 153 Å². The number of pyridine rings is 1. The van der Waals surface area contributed by atoms with E-state index in [1.165, 1.54) is 6.26 Å². The smallest absolute Gasteiger partial charge is 0.289 e. The minimum atomic E-state index is -0.313. The highest BCUT2D eigenvalue weighted by Gasteiger charge is 2.24. The molecule has 26 heavy (non-hydrogen) atoms. The second kappa shape index (κ2) is 7.19. The Hall–Kier alpha value is -2.83. The van der Waals surface area contributed by atoms with Crippen molar-refractivity contribution >= 4 is 17.5 Å². The summed E-state index contributed by atoms with van der Waals surface area (Å²) in [5.41, 5.74) is 1.02. The average Bonchev–Trinajstić information content (AvgIpc) is 3.14. The lowest BCUT2D eigenvalue weighted by atomic mass is 10.1. The van der Waals surface area contributed by atoms with Crippen LogP contribution in [0.4, 0.5) is 5.69 Å². The van der Waals surface area contributed by atoms with Gasteiger partial charge in [-0.15, -0.1) is 0 Å². The van der Waals surface area contributed by atoms with Crippen LogP contribution >= 0.6 is 0 Å². The van der Waals surface area contributed by atoms with Crippen molar-refractivity contribution < 1.29 is 14.0 Å². The maximum Gasteiger partial charge on any atom is 0.289 e. The zero-order chi connectivity index (χ0) is 18.7. The Morgan fingerprint density at radius 3 is 2.50 bits per heavy atom. The predicted molar refractivity (Wildman–Crippen MR) is 98.3 cm³/mol. The molecular weight excluding hydrogens is 332 g/mol. The van der Waals surface area contributed by atoms with E-state index in [2.05, 4.69) is 15.2 Å². The third-order valence-corrected chi connectivity index (χ3v) is 4.13. The molecule has 0 aromatic carbocycles. The van der Waals surface area contributed by atoms with Gasteiger partial charge in [-0.2, -0.15) is 0 Å². The molecule has 1 aliphatic heterocycles. The highest BCUT2D eigenvalue weighted by atomic mass is 16.3. The number of piperazine rings is 1. The number of amides is 2. The summed E-state index contributed by atoms with van der Waals surface area (Å²) in [5.74, 6) is 0.0871. The van der Waals surface area contributed by atoms with Crippen molar-refractivity contribution in [2.24, 2.45) is 0 Å². The summed E-state index contributed by atoms with van der Waals surface area (Å²) in [5, 5.41) is 2.92. The zero-order valence-electron chi connectivity index (χ0n) is 15.4. The molecule has 3 rings (SSSR count). The summed E-state index contributed by atoms with van der Waals surface area (Å²) in [6.07, 6.45) is 3.15. The zero-order valence-corrected chi connectivity index (χ0v) is 15.4. The highest BCUT2D eigenvalue weighted by Crippen LogP contribution is 2.18. The summed E-state index contributed by atoms with van der Waals surface area (Å²) in [6.45, 7) is 8.39. The van der Waals surface area contributed by atoms with Gasteiger partial charge in [-0.1, -0.05) is 0 Å². The molecule has 1 aliphatic rings. The van der Waals surface area contributed by atoms with E-state index in [0.29, 0.717) is 37.6 Å². The minimum absolute atomic E-state index is 0.0883. The molecule has 0 radical (unpaired) electrons. The first-order valence-corrected chi connectivity index (χ1v) is 8.70. The number of carbonyl (C=O) groups excluding carboxylic acids is 2. The van der Waals surface area contributed by atoms with Crippen LogP contribution in [0.25, 0.3) is 0 Å². The fourth-order valence-corrected chi connectivity index (χ4v) is 2.87. The number of furan rings is 1. The topological polar surface area (TPSA) is 78.7 Å². The number of hydrogen-bond acceptors (Lipinski definition) is 5. The van der Waals surface area contributed by atoms with Crippen LogP contribution in [0.15, 0.2) is 41.1 Å². The number of hydrogen-bond donors (Lipinski definition) is 1. The van der Waals surface area contributed by atoms with Gasteiger partial charge in [0.25, 0.3) is 11.8 Å².